The number of aliphatic carboxylic acids is 1. The highest BCUT2D eigenvalue weighted by Crippen LogP contribution is 2.36. The minimum absolute atomic E-state index is 0.203. The van der Waals surface area contributed by atoms with Gasteiger partial charge in [0.25, 0.3) is 0 Å². The van der Waals surface area contributed by atoms with Gasteiger partial charge < -0.3 is 25.5 Å². The molecule has 1 saturated heterocycles. The van der Waals surface area contributed by atoms with Gasteiger partial charge in [0.2, 0.25) is 0 Å². The van der Waals surface area contributed by atoms with E-state index in [0.717, 1.165) is 41.8 Å². The molecule has 1 fully saturated rings. The summed E-state index contributed by atoms with van der Waals surface area (Å²) in [6, 6.07) is 9.98. The van der Waals surface area contributed by atoms with Crippen LogP contribution in [-0.2, 0) is 11.3 Å². The van der Waals surface area contributed by atoms with Gasteiger partial charge in [0, 0.05) is 24.6 Å². The quantitative estimate of drug-likeness (QED) is 0.345. The van der Waals surface area contributed by atoms with Gasteiger partial charge in [-0.15, -0.1) is 0 Å². The third-order valence-electron chi connectivity index (χ3n) is 5.70. The maximum Gasteiger partial charge on any atom is 0.490 e. The van der Waals surface area contributed by atoms with Gasteiger partial charge in [-0.1, -0.05) is 30.3 Å². The zero-order valence-corrected chi connectivity index (χ0v) is 19.7. The first-order valence-corrected chi connectivity index (χ1v) is 11.4. The van der Waals surface area contributed by atoms with Gasteiger partial charge in [0.15, 0.2) is 23.1 Å². The number of carbonyl (C=O) groups is 1. The van der Waals surface area contributed by atoms with E-state index < -0.39 is 12.1 Å². The molecule has 11 nitrogen and oxygen atoms in total. The van der Waals surface area contributed by atoms with E-state index in [0.29, 0.717) is 36.3 Å². The number of pyridine rings is 1. The van der Waals surface area contributed by atoms with Crippen molar-refractivity contribution in [3.63, 3.8) is 0 Å². The van der Waals surface area contributed by atoms with E-state index in [9.17, 15) is 13.2 Å². The first-order valence-electron chi connectivity index (χ1n) is 11.4. The molecule has 0 radical (unpaired) electrons. The number of ether oxygens (including phenoxy) is 1. The summed E-state index contributed by atoms with van der Waals surface area (Å²) >= 11 is 0. The Morgan fingerprint density at radius 3 is 2.57 bits per heavy atom. The van der Waals surface area contributed by atoms with Gasteiger partial charge in [-0.3, -0.25) is 0 Å². The Hall–Kier alpha value is -4.20. The average molecular weight is 519 g/mol. The number of benzene rings is 1. The molecule has 3 aromatic heterocycles. The lowest BCUT2D eigenvalue weighted by Gasteiger charge is -2.14. The lowest BCUT2D eigenvalue weighted by molar-refractivity contribution is -0.192. The Bertz CT molecular complexity index is 1370. The number of nitrogens with two attached hydrogens (primary N) is 1. The van der Waals surface area contributed by atoms with Crippen LogP contribution in [0.3, 0.4) is 0 Å². The summed E-state index contributed by atoms with van der Waals surface area (Å²) in [6.45, 7) is 5.33. The van der Waals surface area contributed by atoms with E-state index >= 15 is 0 Å². The van der Waals surface area contributed by atoms with Crippen LogP contribution in [0.4, 0.5) is 19.0 Å². The molecule has 37 heavy (non-hydrogen) atoms. The number of imidazole rings is 1. The van der Waals surface area contributed by atoms with E-state index in [1.807, 2.05) is 41.8 Å². The van der Waals surface area contributed by atoms with Crippen molar-refractivity contribution in [2.75, 3.05) is 25.4 Å². The fourth-order valence-corrected chi connectivity index (χ4v) is 3.93. The molecule has 1 unspecified atom stereocenters. The summed E-state index contributed by atoms with van der Waals surface area (Å²) < 4.78 is 44.8. The Labute approximate surface area is 208 Å². The van der Waals surface area contributed by atoms with Gasteiger partial charge in [0.1, 0.15) is 11.0 Å². The highest BCUT2D eigenvalue weighted by atomic mass is 19.4. The minimum atomic E-state index is -5.08. The van der Waals surface area contributed by atoms with Gasteiger partial charge in [-0.05, 0) is 30.2 Å². The third-order valence-corrected chi connectivity index (χ3v) is 5.70. The van der Waals surface area contributed by atoms with Crippen LogP contribution >= 0.6 is 0 Å². The summed E-state index contributed by atoms with van der Waals surface area (Å²) in [6.07, 6.45) is -2.19. The van der Waals surface area contributed by atoms with Gasteiger partial charge >= 0.3 is 12.1 Å². The summed E-state index contributed by atoms with van der Waals surface area (Å²) in [5, 5.41) is 18.2. The molecule has 5 rings (SSSR count). The van der Waals surface area contributed by atoms with Gasteiger partial charge in [-0.2, -0.15) is 13.2 Å². The minimum Gasteiger partial charge on any atom is -0.489 e. The van der Waals surface area contributed by atoms with Crippen LogP contribution in [0.2, 0.25) is 0 Å². The molecule has 0 amide bonds. The second kappa shape index (κ2) is 10.8. The number of nitrogens with one attached hydrogen (secondary N) is 1. The van der Waals surface area contributed by atoms with Crippen molar-refractivity contribution in [2.24, 2.45) is 5.92 Å². The molecule has 1 aliphatic rings. The zero-order chi connectivity index (χ0) is 26.6. The molecule has 1 aliphatic heterocycles. The van der Waals surface area contributed by atoms with Crippen LogP contribution in [0, 0.1) is 5.92 Å². The van der Waals surface area contributed by atoms with Crippen LogP contribution in [0.15, 0.2) is 41.2 Å². The van der Waals surface area contributed by atoms with Crippen molar-refractivity contribution in [3.8, 4) is 28.5 Å². The fourth-order valence-electron chi connectivity index (χ4n) is 3.93. The van der Waals surface area contributed by atoms with Crippen molar-refractivity contribution in [1.29, 1.82) is 0 Å². The molecular formula is C23H24F3N7O4. The Kier molecular flexibility index (Phi) is 7.57. The maximum atomic E-state index is 10.6. The second-order valence-corrected chi connectivity index (χ2v) is 8.18. The first kappa shape index (κ1) is 25.9. The molecule has 0 bridgehead atoms. The Morgan fingerprint density at radius 1 is 1.27 bits per heavy atom. The second-order valence-electron chi connectivity index (χ2n) is 8.18. The van der Waals surface area contributed by atoms with E-state index in [-0.39, 0.29) is 5.82 Å². The molecule has 1 aromatic carbocycles. The smallest absolute Gasteiger partial charge is 0.489 e. The molecule has 14 heteroatoms. The molecule has 0 saturated carbocycles. The molecule has 196 valence electrons. The monoisotopic (exact) mass is 519 g/mol. The van der Waals surface area contributed by atoms with Crippen LogP contribution < -0.4 is 15.8 Å². The molecule has 4 aromatic rings. The maximum absolute atomic E-state index is 10.6. The highest BCUT2D eigenvalue weighted by molar-refractivity contribution is 5.95. The number of hydrogen-bond acceptors (Lipinski definition) is 9. The number of carboxylic acid groups (broad SMARTS) is 1. The normalized spacial score (nSPS) is 15.4. The lowest BCUT2D eigenvalue weighted by atomic mass is 10.1. The number of rotatable bonds is 6. The van der Waals surface area contributed by atoms with E-state index in [1.165, 1.54) is 0 Å². The summed E-state index contributed by atoms with van der Waals surface area (Å²) in [7, 11) is 0. The Balaban J connectivity index is 0.000000405. The van der Waals surface area contributed by atoms with E-state index in [1.54, 1.807) is 6.20 Å². The summed E-state index contributed by atoms with van der Waals surface area (Å²) in [5.41, 5.74) is 9.76. The number of alkyl halides is 3. The number of anilines is 1. The average Bonchev–Trinajstić information content (AvgIpc) is 3.62. The number of halogens is 3. The molecule has 4 N–H and O–H groups in total. The van der Waals surface area contributed by atoms with Gasteiger partial charge in [0.05, 0.1) is 18.5 Å². The van der Waals surface area contributed by atoms with Crippen LogP contribution in [0.1, 0.15) is 13.3 Å². The summed E-state index contributed by atoms with van der Waals surface area (Å²) in [4.78, 5) is 18.5. The first-order chi connectivity index (χ1) is 17.7. The van der Waals surface area contributed by atoms with Crippen LogP contribution in [-0.4, -0.2) is 61.8 Å². The molecule has 0 aliphatic carbocycles. The number of carboxylic acids is 1. The van der Waals surface area contributed by atoms with Crippen molar-refractivity contribution < 1.29 is 32.4 Å². The zero-order valence-electron chi connectivity index (χ0n) is 19.7. The predicted octanol–water partition coefficient (Wildman–Crippen LogP) is 3.37. The van der Waals surface area contributed by atoms with Crippen LogP contribution in [0.5, 0.6) is 5.75 Å². The van der Waals surface area contributed by atoms with E-state index in [4.69, 9.17) is 35.0 Å². The number of nitrogen functional groups attached to an aromatic ring is 1. The number of hydrogen-bond donors (Lipinski definition) is 3. The number of fused-ring (bicyclic) bond motifs is 1. The topological polar surface area (TPSA) is 154 Å². The molecular weight excluding hydrogens is 495 g/mol. The number of aromatic nitrogens is 5. The van der Waals surface area contributed by atoms with Gasteiger partial charge in [-0.25, -0.2) is 19.4 Å². The largest absolute Gasteiger partial charge is 0.490 e. The Morgan fingerprint density at radius 2 is 2.00 bits per heavy atom. The van der Waals surface area contributed by atoms with Crippen molar-refractivity contribution in [3.05, 3.63) is 36.5 Å². The van der Waals surface area contributed by atoms with Crippen molar-refractivity contribution in [1.82, 2.24) is 30.2 Å². The molecule has 0 spiro atoms. The van der Waals surface area contributed by atoms with Crippen molar-refractivity contribution in [2.45, 2.75) is 26.1 Å². The standard InChI is InChI=1S/C21H23N7O2.C2HF3O2/c1-2-28-19-15(29-12-13-8-9-23-10-13)11-24-16(14-6-4-3-5-7-14)17(19)25-21(28)18-20(22)27-30-26-18;3-2(4,5)1(6)7/h3-7,11,13,23H,2,8-10,12H2,1H3,(H2,22,27);(H,6,7). The number of aryl methyl sites for hydroxylation is 1. The third kappa shape index (κ3) is 5.63. The van der Waals surface area contributed by atoms with Crippen molar-refractivity contribution >= 4 is 22.8 Å². The molecule has 4 heterocycles. The lowest BCUT2D eigenvalue weighted by Crippen LogP contribution is -2.21. The predicted molar refractivity (Wildman–Crippen MR) is 127 cm³/mol. The van der Waals surface area contributed by atoms with Crippen LogP contribution in [0.25, 0.3) is 33.8 Å². The highest BCUT2D eigenvalue weighted by Gasteiger charge is 2.38. The van der Waals surface area contributed by atoms with E-state index in [2.05, 4.69) is 15.6 Å². The number of nitrogens with zero attached hydrogens (tertiary/aromatic N) is 5. The SMILES string of the molecule is CCn1c(-c2nonc2N)nc2c(-c3ccccc3)ncc(OCC3CCNC3)c21.O=C(O)C(F)(F)F. The molecule has 1 atom stereocenters. The fraction of sp³-hybridized carbons (Fsp3) is 0.348. The summed E-state index contributed by atoms with van der Waals surface area (Å²) in [5.74, 6) is -0.779.